The molecule has 0 atom stereocenters. The molecule has 120 valence electrons. The van der Waals surface area contributed by atoms with Crippen LogP contribution in [-0.4, -0.2) is 33.4 Å². The second-order valence-electron chi connectivity index (χ2n) is 4.90. The molecule has 0 aromatic heterocycles. The highest BCUT2D eigenvalue weighted by Gasteiger charge is 2.26. The van der Waals surface area contributed by atoms with E-state index >= 15 is 0 Å². The molecule has 0 fully saturated rings. The van der Waals surface area contributed by atoms with E-state index in [0.717, 1.165) is 29.3 Å². The van der Waals surface area contributed by atoms with Crippen LogP contribution in [0.15, 0.2) is 17.0 Å². The molecule has 0 spiro atoms. The smallest absolute Gasteiger partial charge is 0.245 e. The topological polar surface area (TPSA) is 49.4 Å². The predicted molar refractivity (Wildman–Crippen MR) is 78.5 cm³/mol. The van der Waals surface area contributed by atoms with E-state index in [4.69, 9.17) is 0 Å². The van der Waals surface area contributed by atoms with Crippen LogP contribution in [0.3, 0.4) is 0 Å². The summed E-state index contributed by atoms with van der Waals surface area (Å²) in [5.41, 5.74) is -0.263. The summed E-state index contributed by atoms with van der Waals surface area (Å²) in [4.78, 5) is -0.479. The molecule has 0 aliphatic rings. The average Bonchev–Trinajstić information content (AvgIpc) is 2.43. The summed E-state index contributed by atoms with van der Waals surface area (Å²) >= 11 is 0. The Morgan fingerprint density at radius 3 is 2.48 bits per heavy atom. The number of sulfonamides is 1. The molecule has 0 heterocycles. The standard InChI is InChI=1S/C14H22F2N2O2S/c1-4-5-6-9-18(3)21(19,20)13-8-7-12(15)11(10-17-2)14(13)16/h7-8,17H,4-6,9-10H2,1-3H3. The number of halogens is 2. The Kier molecular flexibility index (Phi) is 6.70. The van der Waals surface area contributed by atoms with Gasteiger partial charge in [0.1, 0.15) is 10.7 Å². The monoisotopic (exact) mass is 320 g/mol. The Morgan fingerprint density at radius 2 is 1.90 bits per heavy atom. The lowest BCUT2D eigenvalue weighted by atomic mass is 10.2. The van der Waals surface area contributed by atoms with E-state index in [9.17, 15) is 17.2 Å². The van der Waals surface area contributed by atoms with Crippen LogP contribution in [0.5, 0.6) is 0 Å². The Balaban J connectivity index is 3.11. The molecule has 1 aromatic carbocycles. The van der Waals surface area contributed by atoms with Crippen LogP contribution < -0.4 is 5.32 Å². The van der Waals surface area contributed by atoms with E-state index in [2.05, 4.69) is 5.32 Å². The highest BCUT2D eigenvalue weighted by Crippen LogP contribution is 2.23. The lowest BCUT2D eigenvalue weighted by molar-refractivity contribution is 0.446. The number of nitrogens with one attached hydrogen (secondary N) is 1. The summed E-state index contributed by atoms with van der Waals surface area (Å²) in [6.45, 7) is 2.26. The molecule has 0 saturated heterocycles. The fraction of sp³-hybridized carbons (Fsp3) is 0.571. The Morgan fingerprint density at radius 1 is 1.24 bits per heavy atom. The quantitative estimate of drug-likeness (QED) is 0.749. The average molecular weight is 320 g/mol. The molecule has 4 nitrogen and oxygen atoms in total. The van der Waals surface area contributed by atoms with E-state index < -0.39 is 26.6 Å². The van der Waals surface area contributed by atoms with Crippen molar-refractivity contribution in [3.8, 4) is 0 Å². The first-order chi connectivity index (χ1) is 9.86. The van der Waals surface area contributed by atoms with Gasteiger partial charge in [0.05, 0.1) is 0 Å². The summed E-state index contributed by atoms with van der Waals surface area (Å²) in [5, 5.41) is 2.63. The van der Waals surface area contributed by atoms with Gasteiger partial charge in [0, 0.05) is 25.7 Å². The Bertz CT molecular complexity index is 577. The van der Waals surface area contributed by atoms with Gasteiger partial charge in [0.15, 0.2) is 5.82 Å². The summed E-state index contributed by atoms with van der Waals surface area (Å²) in [6, 6.07) is 1.97. The van der Waals surface area contributed by atoms with Gasteiger partial charge in [0.2, 0.25) is 10.0 Å². The van der Waals surface area contributed by atoms with E-state index in [1.165, 1.54) is 14.1 Å². The number of nitrogens with zero attached hydrogens (tertiary/aromatic N) is 1. The molecule has 0 saturated carbocycles. The van der Waals surface area contributed by atoms with Crippen molar-refractivity contribution in [3.05, 3.63) is 29.3 Å². The molecule has 0 amide bonds. The molecule has 0 aliphatic heterocycles. The van der Waals surface area contributed by atoms with Gasteiger partial charge in [-0.05, 0) is 25.6 Å². The Hall–Kier alpha value is -1.05. The van der Waals surface area contributed by atoms with Crippen molar-refractivity contribution in [1.29, 1.82) is 0 Å². The van der Waals surface area contributed by atoms with E-state index in [1.807, 2.05) is 6.92 Å². The molecular formula is C14H22F2N2O2S. The first kappa shape index (κ1) is 18.0. The molecular weight excluding hydrogens is 298 g/mol. The summed E-state index contributed by atoms with van der Waals surface area (Å²) in [7, 11) is -0.997. The molecule has 0 unspecified atom stereocenters. The minimum atomic E-state index is -3.94. The van der Waals surface area contributed by atoms with Crippen LogP contribution in [-0.2, 0) is 16.6 Å². The SMILES string of the molecule is CCCCCN(C)S(=O)(=O)c1ccc(F)c(CNC)c1F. The lowest BCUT2D eigenvalue weighted by Gasteiger charge is -2.18. The van der Waals surface area contributed by atoms with Crippen LogP contribution >= 0.6 is 0 Å². The largest absolute Gasteiger partial charge is 0.315 e. The van der Waals surface area contributed by atoms with Crippen LogP contribution in [0, 0.1) is 11.6 Å². The van der Waals surface area contributed by atoms with Gasteiger partial charge in [-0.2, -0.15) is 0 Å². The highest BCUT2D eigenvalue weighted by atomic mass is 32.2. The zero-order valence-corrected chi connectivity index (χ0v) is 13.4. The van der Waals surface area contributed by atoms with Crippen LogP contribution in [0.2, 0.25) is 0 Å². The fourth-order valence-electron chi connectivity index (χ4n) is 1.99. The van der Waals surface area contributed by atoms with Crippen molar-refractivity contribution in [3.63, 3.8) is 0 Å². The van der Waals surface area contributed by atoms with Crippen molar-refractivity contribution < 1.29 is 17.2 Å². The second-order valence-corrected chi connectivity index (χ2v) is 6.92. The molecule has 21 heavy (non-hydrogen) atoms. The molecule has 1 aromatic rings. The normalized spacial score (nSPS) is 12.1. The van der Waals surface area contributed by atoms with E-state index in [0.29, 0.717) is 13.0 Å². The van der Waals surface area contributed by atoms with Gasteiger partial charge in [-0.15, -0.1) is 0 Å². The van der Waals surface area contributed by atoms with Gasteiger partial charge in [-0.25, -0.2) is 21.5 Å². The van der Waals surface area contributed by atoms with Gasteiger partial charge >= 0.3 is 0 Å². The fourth-order valence-corrected chi connectivity index (χ4v) is 3.28. The minimum absolute atomic E-state index is 0.0689. The van der Waals surface area contributed by atoms with Gasteiger partial charge < -0.3 is 5.32 Å². The molecule has 0 aliphatic carbocycles. The van der Waals surface area contributed by atoms with Crippen LogP contribution in [0.25, 0.3) is 0 Å². The molecule has 0 bridgehead atoms. The predicted octanol–water partition coefficient (Wildman–Crippen LogP) is 2.49. The van der Waals surface area contributed by atoms with Crippen molar-refractivity contribution in [1.82, 2.24) is 9.62 Å². The second kappa shape index (κ2) is 7.82. The Labute approximate surface area is 125 Å². The molecule has 1 rings (SSSR count). The van der Waals surface area contributed by atoms with E-state index in [-0.39, 0.29) is 12.1 Å². The van der Waals surface area contributed by atoms with Gasteiger partial charge in [-0.1, -0.05) is 19.8 Å². The lowest BCUT2D eigenvalue weighted by Crippen LogP contribution is -2.29. The zero-order chi connectivity index (χ0) is 16.0. The van der Waals surface area contributed by atoms with Crippen molar-refractivity contribution >= 4 is 10.0 Å². The van der Waals surface area contributed by atoms with Gasteiger partial charge in [0.25, 0.3) is 0 Å². The number of benzene rings is 1. The van der Waals surface area contributed by atoms with E-state index in [1.54, 1.807) is 0 Å². The first-order valence-electron chi connectivity index (χ1n) is 6.94. The first-order valence-corrected chi connectivity index (χ1v) is 8.38. The minimum Gasteiger partial charge on any atom is -0.315 e. The number of unbranched alkanes of at least 4 members (excludes halogenated alkanes) is 2. The third-order valence-electron chi connectivity index (χ3n) is 3.27. The molecule has 7 heteroatoms. The van der Waals surface area contributed by atoms with Crippen LogP contribution in [0.4, 0.5) is 8.78 Å². The third kappa shape index (κ3) is 4.21. The maximum atomic E-state index is 14.3. The van der Waals surface area contributed by atoms with Crippen molar-refractivity contribution in [2.75, 3.05) is 20.6 Å². The third-order valence-corrected chi connectivity index (χ3v) is 5.14. The van der Waals surface area contributed by atoms with Crippen molar-refractivity contribution in [2.24, 2.45) is 0 Å². The summed E-state index contributed by atoms with van der Waals surface area (Å²) in [5.74, 6) is -1.78. The molecule has 1 N–H and O–H groups in total. The summed E-state index contributed by atoms with van der Waals surface area (Å²) < 4.78 is 53.7. The number of rotatable bonds is 8. The number of hydrogen-bond acceptors (Lipinski definition) is 3. The maximum Gasteiger partial charge on any atom is 0.245 e. The van der Waals surface area contributed by atoms with Crippen molar-refractivity contribution in [2.45, 2.75) is 37.6 Å². The maximum absolute atomic E-state index is 14.3. The zero-order valence-electron chi connectivity index (χ0n) is 12.6. The molecule has 0 radical (unpaired) electrons. The summed E-state index contributed by atoms with van der Waals surface area (Å²) in [6.07, 6.45) is 2.57. The number of hydrogen-bond donors (Lipinski definition) is 1. The highest BCUT2D eigenvalue weighted by molar-refractivity contribution is 7.89. The van der Waals surface area contributed by atoms with Gasteiger partial charge in [-0.3, -0.25) is 0 Å². The van der Waals surface area contributed by atoms with Crippen LogP contribution in [0.1, 0.15) is 31.7 Å².